The molecule has 0 bridgehead atoms. The molecule has 1 aliphatic heterocycles. The van der Waals surface area contributed by atoms with Crippen LogP contribution in [0.5, 0.6) is 5.75 Å². The highest BCUT2D eigenvalue weighted by Crippen LogP contribution is 2.28. The maximum atomic E-state index is 12.0. The van der Waals surface area contributed by atoms with Gasteiger partial charge in [-0.25, -0.2) is 9.79 Å². The number of nitrogens with zero attached hydrogens (tertiary/aromatic N) is 1. The van der Waals surface area contributed by atoms with E-state index in [0.717, 1.165) is 0 Å². The van der Waals surface area contributed by atoms with Crippen LogP contribution < -0.4 is 4.74 Å². The maximum absolute atomic E-state index is 12.0. The molecule has 1 aliphatic rings. The van der Waals surface area contributed by atoms with Gasteiger partial charge in [-0.3, -0.25) is 0 Å². The van der Waals surface area contributed by atoms with Crippen LogP contribution in [0.4, 0.5) is 0 Å². The van der Waals surface area contributed by atoms with E-state index in [1.165, 1.54) is 0 Å². The Morgan fingerprint density at radius 1 is 1.17 bits per heavy atom. The molecule has 0 aromatic heterocycles. The van der Waals surface area contributed by atoms with Gasteiger partial charge >= 0.3 is 5.97 Å². The van der Waals surface area contributed by atoms with Gasteiger partial charge in [0.25, 0.3) is 0 Å². The number of halogens is 3. The molecule has 24 heavy (non-hydrogen) atoms. The zero-order valence-electron chi connectivity index (χ0n) is 12.3. The lowest BCUT2D eigenvalue weighted by Crippen LogP contribution is -2.06. The highest BCUT2D eigenvalue weighted by Gasteiger charge is 2.25. The summed E-state index contributed by atoms with van der Waals surface area (Å²) in [5.41, 5.74) is 1.54. The van der Waals surface area contributed by atoms with Crippen LogP contribution in [0.3, 0.4) is 0 Å². The topological polar surface area (TPSA) is 47.9 Å². The van der Waals surface area contributed by atoms with Crippen molar-refractivity contribution in [2.24, 2.45) is 4.99 Å². The van der Waals surface area contributed by atoms with Crippen molar-refractivity contribution in [1.29, 1.82) is 0 Å². The number of carbonyl (C=O) groups is 1. The van der Waals surface area contributed by atoms with Gasteiger partial charge in [0.1, 0.15) is 5.75 Å². The summed E-state index contributed by atoms with van der Waals surface area (Å²) in [4.78, 5) is 16.3. The summed E-state index contributed by atoms with van der Waals surface area (Å²) in [5, 5.41) is 0.846. The minimum Gasteiger partial charge on any atom is -0.497 e. The minimum atomic E-state index is -0.529. The standard InChI is InChI=1S/C17H10BrCl2NO3/c1-23-10-3-4-11(12(18)8-10)16-21-15(17(22)24-16)7-9-2-5-13(19)14(20)6-9/h2-8H,1H3. The van der Waals surface area contributed by atoms with E-state index >= 15 is 0 Å². The van der Waals surface area contributed by atoms with E-state index in [2.05, 4.69) is 20.9 Å². The van der Waals surface area contributed by atoms with Gasteiger partial charge in [0, 0.05) is 4.47 Å². The lowest BCUT2D eigenvalue weighted by molar-refractivity contribution is -0.129. The molecule has 2 aromatic carbocycles. The zero-order valence-corrected chi connectivity index (χ0v) is 15.4. The molecule has 0 radical (unpaired) electrons. The van der Waals surface area contributed by atoms with Crippen LogP contribution in [0.15, 0.2) is 51.6 Å². The second kappa shape index (κ2) is 6.97. The molecule has 1 heterocycles. The van der Waals surface area contributed by atoms with Crippen molar-refractivity contribution in [2.45, 2.75) is 0 Å². The SMILES string of the molecule is COc1ccc(C2=NC(=Cc3ccc(Cl)c(Cl)c3)C(=O)O2)c(Br)c1. The van der Waals surface area contributed by atoms with Crippen molar-refractivity contribution in [1.82, 2.24) is 0 Å². The summed E-state index contributed by atoms with van der Waals surface area (Å²) >= 11 is 15.3. The minimum absolute atomic E-state index is 0.186. The summed E-state index contributed by atoms with van der Waals surface area (Å²) in [6.07, 6.45) is 1.59. The van der Waals surface area contributed by atoms with Gasteiger partial charge in [-0.2, -0.15) is 0 Å². The predicted molar refractivity (Wildman–Crippen MR) is 97.8 cm³/mol. The van der Waals surface area contributed by atoms with Gasteiger partial charge < -0.3 is 9.47 Å². The number of methoxy groups -OCH3 is 1. The first kappa shape index (κ1) is 17.0. The van der Waals surface area contributed by atoms with Gasteiger partial charge in [0.2, 0.25) is 5.90 Å². The quantitative estimate of drug-likeness (QED) is 0.506. The van der Waals surface area contributed by atoms with Crippen LogP contribution in [-0.4, -0.2) is 19.0 Å². The number of hydrogen-bond donors (Lipinski definition) is 0. The number of rotatable bonds is 3. The van der Waals surface area contributed by atoms with Crippen molar-refractivity contribution >= 4 is 57.1 Å². The van der Waals surface area contributed by atoms with E-state index in [9.17, 15) is 4.79 Å². The van der Waals surface area contributed by atoms with E-state index in [0.29, 0.717) is 31.4 Å². The van der Waals surface area contributed by atoms with Crippen molar-refractivity contribution < 1.29 is 14.3 Å². The molecule has 122 valence electrons. The Hall–Kier alpha value is -1.82. The number of carbonyl (C=O) groups excluding carboxylic acids is 1. The molecule has 0 N–H and O–H groups in total. The smallest absolute Gasteiger partial charge is 0.363 e. The summed E-state index contributed by atoms with van der Waals surface area (Å²) < 4.78 is 11.1. The Balaban J connectivity index is 1.95. The summed E-state index contributed by atoms with van der Waals surface area (Å²) in [5.74, 6) is 0.377. The summed E-state index contributed by atoms with van der Waals surface area (Å²) in [7, 11) is 1.58. The van der Waals surface area contributed by atoms with Crippen molar-refractivity contribution in [3.8, 4) is 5.75 Å². The van der Waals surface area contributed by atoms with Gasteiger partial charge in [-0.15, -0.1) is 0 Å². The molecule has 0 spiro atoms. The van der Waals surface area contributed by atoms with Gasteiger partial charge in [-0.05, 0) is 57.9 Å². The Labute approximate surface area is 156 Å². The Bertz CT molecular complexity index is 893. The van der Waals surface area contributed by atoms with Gasteiger partial charge in [0.05, 0.1) is 22.7 Å². The molecule has 0 saturated heterocycles. The number of cyclic esters (lactones) is 1. The molecular formula is C17H10BrCl2NO3. The summed E-state index contributed by atoms with van der Waals surface area (Å²) in [6, 6.07) is 10.3. The first-order chi connectivity index (χ1) is 11.5. The average Bonchev–Trinajstić information content (AvgIpc) is 2.91. The second-order valence-electron chi connectivity index (χ2n) is 4.86. The highest BCUT2D eigenvalue weighted by atomic mass is 79.9. The monoisotopic (exact) mass is 425 g/mol. The van der Waals surface area contributed by atoms with E-state index in [-0.39, 0.29) is 11.6 Å². The van der Waals surface area contributed by atoms with E-state index in [1.54, 1.807) is 49.6 Å². The first-order valence-electron chi connectivity index (χ1n) is 6.79. The third kappa shape index (κ3) is 3.48. The molecule has 0 amide bonds. The fourth-order valence-electron chi connectivity index (χ4n) is 2.08. The Morgan fingerprint density at radius 3 is 2.62 bits per heavy atom. The predicted octanol–water partition coefficient (Wildman–Crippen LogP) is 5.11. The normalized spacial score (nSPS) is 15.4. The molecule has 2 aromatic rings. The fourth-order valence-corrected chi connectivity index (χ4v) is 2.91. The van der Waals surface area contributed by atoms with Gasteiger partial charge in [-0.1, -0.05) is 29.3 Å². The van der Waals surface area contributed by atoms with E-state index < -0.39 is 5.97 Å². The van der Waals surface area contributed by atoms with E-state index in [4.69, 9.17) is 32.7 Å². The zero-order chi connectivity index (χ0) is 17.3. The van der Waals surface area contributed by atoms with Crippen LogP contribution in [-0.2, 0) is 9.53 Å². The number of hydrogen-bond acceptors (Lipinski definition) is 4. The van der Waals surface area contributed by atoms with Crippen LogP contribution in [0.1, 0.15) is 11.1 Å². The molecule has 4 nitrogen and oxygen atoms in total. The van der Waals surface area contributed by atoms with Crippen LogP contribution >= 0.6 is 39.1 Å². The first-order valence-corrected chi connectivity index (χ1v) is 8.34. The third-order valence-electron chi connectivity index (χ3n) is 3.27. The largest absolute Gasteiger partial charge is 0.497 e. The molecule has 7 heteroatoms. The van der Waals surface area contributed by atoms with Crippen LogP contribution in [0.2, 0.25) is 10.0 Å². The van der Waals surface area contributed by atoms with Crippen molar-refractivity contribution in [3.63, 3.8) is 0 Å². The van der Waals surface area contributed by atoms with Gasteiger partial charge in [0.15, 0.2) is 5.70 Å². The molecule has 0 saturated carbocycles. The van der Waals surface area contributed by atoms with Crippen LogP contribution in [0.25, 0.3) is 6.08 Å². The Morgan fingerprint density at radius 2 is 1.96 bits per heavy atom. The van der Waals surface area contributed by atoms with E-state index in [1.807, 2.05) is 0 Å². The summed E-state index contributed by atoms with van der Waals surface area (Å²) in [6.45, 7) is 0. The second-order valence-corrected chi connectivity index (χ2v) is 6.52. The lowest BCUT2D eigenvalue weighted by Gasteiger charge is -2.05. The van der Waals surface area contributed by atoms with Crippen molar-refractivity contribution in [2.75, 3.05) is 7.11 Å². The number of esters is 1. The molecule has 0 atom stereocenters. The number of ether oxygens (including phenoxy) is 2. The third-order valence-corrected chi connectivity index (χ3v) is 4.67. The van der Waals surface area contributed by atoms with Crippen molar-refractivity contribution in [3.05, 3.63) is 67.7 Å². The fraction of sp³-hybridized carbons (Fsp3) is 0.0588. The average molecular weight is 427 g/mol. The molecule has 0 fully saturated rings. The van der Waals surface area contributed by atoms with Crippen LogP contribution in [0, 0.1) is 0 Å². The number of benzene rings is 2. The molecule has 0 aliphatic carbocycles. The maximum Gasteiger partial charge on any atom is 0.363 e. The number of aliphatic imine (C=N–C) groups is 1. The molecule has 3 rings (SSSR count). The highest BCUT2D eigenvalue weighted by molar-refractivity contribution is 9.10. The Kier molecular flexibility index (Phi) is 4.94. The molecule has 0 unspecified atom stereocenters. The lowest BCUT2D eigenvalue weighted by atomic mass is 10.2. The molecular weight excluding hydrogens is 417 g/mol.